The molecule has 0 rings (SSSR count). The van der Waals surface area contributed by atoms with Crippen LogP contribution >= 0.6 is 0 Å². The van der Waals surface area contributed by atoms with Gasteiger partial charge in [0.25, 0.3) is 0 Å². The van der Waals surface area contributed by atoms with Crippen molar-refractivity contribution in [3.63, 3.8) is 0 Å². The van der Waals surface area contributed by atoms with Crippen molar-refractivity contribution in [1.29, 1.82) is 0 Å². The van der Waals surface area contributed by atoms with Crippen LogP contribution in [-0.2, 0) is 43.2 Å². The molecule has 0 aliphatic heterocycles. The molecule has 338 valence electrons. The summed E-state index contributed by atoms with van der Waals surface area (Å²) < 4.78 is 0. The molecule has 0 spiro atoms. The second-order valence-electron chi connectivity index (χ2n) is 14.2. The van der Waals surface area contributed by atoms with Gasteiger partial charge in [0, 0.05) is 13.0 Å². The topological polar surface area (TPSA) is 386 Å². The minimum absolute atomic E-state index is 0.0245. The minimum atomic E-state index is -1.32. The van der Waals surface area contributed by atoms with Crippen LogP contribution in [0.15, 0.2) is 0 Å². The number of hydrogen-bond acceptors (Lipinski definition) is 14. The second-order valence-corrected chi connectivity index (χ2v) is 14.2. The summed E-state index contributed by atoms with van der Waals surface area (Å²) in [7, 11) is 0. The summed E-state index contributed by atoms with van der Waals surface area (Å²) in [6.45, 7) is 7.44. The van der Waals surface area contributed by atoms with Gasteiger partial charge in [-0.1, -0.05) is 20.8 Å². The summed E-state index contributed by atoms with van der Waals surface area (Å²) in [6.07, 6.45) is -0.379. The molecule has 0 radical (unpaired) electrons. The molecule has 7 atom stereocenters. The monoisotopic (exact) mass is 844 g/mol. The van der Waals surface area contributed by atoms with E-state index in [0.717, 1.165) is 0 Å². The number of rotatable bonds is 30. The Balaban J connectivity index is 5.61. The number of nitrogens with one attached hydrogen (secondary N) is 9. The molecule has 23 heteroatoms. The fraction of sp³-hybridized carbons (Fsp3) is 0.750. The third-order valence-electron chi connectivity index (χ3n) is 8.49. The lowest BCUT2D eigenvalue weighted by Crippen LogP contribution is -2.60. The molecule has 59 heavy (non-hydrogen) atoms. The van der Waals surface area contributed by atoms with Crippen LogP contribution in [0.25, 0.3) is 0 Å². The first-order valence-electron chi connectivity index (χ1n) is 20.0. The molecule has 0 aliphatic rings. The van der Waals surface area contributed by atoms with Crippen LogP contribution in [0.2, 0.25) is 0 Å². The molecule has 9 amide bonds. The highest BCUT2D eigenvalue weighted by atomic mass is 16.3. The van der Waals surface area contributed by atoms with Crippen LogP contribution in [0.4, 0.5) is 0 Å². The van der Waals surface area contributed by atoms with Crippen molar-refractivity contribution in [2.75, 3.05) is 45.8 Å². The third-order valence-corrected chi connectivity index (χ3v) is 8.49. The molecule has 0 aliphatic carbocycles. The quantitative estimate of drug-likeness (QED) is 0.0320. The van der Waals surface area contributed by atoms with Gasteiger partial charge in [0.05, 0.1) is 19.2 Å². The van der Waals surface area contributed by atoms with Crippen LogP contribution < -0.4 is 70.8 Å². The van der Waals surface area contributed by atoms with Gasteiger partial charge in [0.1, 0.15) is 36.3 Å². The van der Waals surface area contributed by atoms with Gasteiger partial charge < -0.3 is 75.9 Å². The molecule has 0 saturated carbocycles. The summed E-state index contributed by atoms with van der Waals surface area (Å²) in [5, 5.41) is 32.4. The Morgan fingerprint density at radius 3 is 1.22 bits per heavy atom. The molecule has 18 N–H and O–H groups in total. The smallest absolute Gasteiger partial charge is 0.245 e. The predicted octanol–water partition coefficient (Wildman–Crippen LogP) is -6.11. The van der Waals surface area contributed by atoms with Crippen LogP contribution in [-0.4, -0.2) is 146 Å². The van der Waals surface area contributed by atoms with Gasteiger partial charge in [0.15, 0.2) is 0 Å². The summed E-state index contributed by atoms with van der Waals surface area (Å²) >= 11 is 0. The summed E-state index contributed by atoms with van der Waals surface area (Å²) in [6, 6.07) is -7.16. The van der Waals surface area contributed by atoms with Gasteiger partial charge in [0.2, 0.25) is 53.2 Å². The van der Waals surface area contributed by atoms with Crippen LogP contribution in [0.5, 0.6) is 0 Å². The Kier molecular flexibility index (Phi) is 27.6. The maximum atomic E-state index is 13.5. The number of likely N-dealkylation sites (N-methyl/N-ethyl adjacent to an activating group) is 1. The molecule has 23 nitrogen and oxygen atoms in total. The molecule has 0 heterocycles. The zero-order valence-electron chi connectivity index (χ0n) is 34.9. The number of hydrogen-bond donors (Lipinski definition) is 14. The highest BCUT2D eigenvalue weighted by molar-refractivity contribution is 5.97. The summed E-state index contributed by atoms with van der Waals surface area (Å²) in [4.78, 5) is 116. The van der Waals surface area contributed by atoms with Crippen molar-refractivity contribution in [1.82, 2.24) is 47.9 Å². The molecular formula is C36H69N13O10. The molecule has 0 unspecified atom stereocenters. The van der Waals surface area contributed by atoms with Gasteiger partial charge >= 0.3 is 0 Å². The van der Waals surface area contributed by atoms with Gasteiger partial charge in [-0.15, -0.1) is 0 Å². The van der Waals surface area contributed by atoms with E-state index in [4.69, 9.17) is 22.9 Å². The average molecular weight is 844 g/mol. The summed E-state index contributed by atoms with van der Waals surface area (Å²) in [5.41, 5.74) is 22.6. The van der Waals surface area contributed by atoms with E-state index in [0.29, 0.717) is 6.42 Å². The number of amides is 9. The number of aliphatic hydroxyl groups is 1. The minimum Gasteiger partial charge on any atom is -0.391 e. The molecule has 0 aromatic heterocycles. The van der Waals surface area contributed by atoms with Crippen molar-refractivity contribution < 1.29 is 48.3 Å². The van der Waals surface area contributed by atoms with Gasteiger partial charge in [-0.05, 0) is 84.5 Å². The zero-order valence-corrected chi connectivity index (χ0v) is 34.9. The van der Waals surface area contributed by atoms with Crippen LogP contribution in [0.1, 0.15) is 79.6 Å². The van der Waals surface area contributed by atoms with Gasteiger partial charge in [-0.2, -0.15) is 0 Å². The highest BCUT2D eigenvalue weighted by Crippen LogP contribution is 2.07. The average Bonchev–Trinajstić information content (AvgIpc) is 3.16. The molecule has 0 fully saturated rings. The Hall–Kier alpha value is -4.97. The lowest BCUT2D eigenvalue weighted by molar-refractivity contribution is -0.135. The Bertz CT molecular complexity index is 1380. The maximum absolute atomic E-state index is 13.5. The lowest BCUT2D eigenvalue weighted by atomic mass is 10.0. The Morgan fingerprint density at radius 1 is 0.475 bits per heavy atom. The van der Waals surface area contributed by atoms with Crippen molar-refractivity contribution in [3.05, 3.63) is 0 Å². The molecular weight excluding hydrogens is 774 g/mol. The number of carbonyl (C=O) groups is 9. The largest absolute Gasteiger partial charge is 0.391 e. The maximum Gasteiger partial charge on any atom is 0.245 e. The Labute approximate surface area is 345 Å². The van der Waals surface area contributed by atoms with E-state index in [1.54, 1.807) is 27.7 Å². The van der Waals surface area contributed by atoms with E-state index in [9.17, 15) is 48.3 Å². The standard InChI is InChI=1S/C36H69N13O10/c1-6-8-27(51)44-22(9-13-37)31(54)42-18-28(52)45-23(10-14-38)32(55)43-19-29(53)46-26(17-20(3)4)35(58)48-24(11-15-39)33(56)47-25(12-16-40)34(57)49-30(21(5)50)36(59)41-7-2/h20-26,30,50H,6-19,37-40H2,1-5H3,(H,41,59)(H,42,54)(H,43,55)(H,44,51)(H,45,52)(H,46,53)(H,47,56)(H,48,58)(H,49,57)/t21-,22+,23+,24+,25+,26+,30+/m1/s1. The fourth-order valence-electron chi connectivity index (χ4n) is 5.50. The number of carbonyl (C=O) groups excluding carboxylic acids is 9. The summed E-state index contributed by atoms with van der Waals surface area (Å²) in [5.74, 6) is -6.40. The Morgan fingerprint density at radius 2 is 0.847 bits per heavy atom. The van der Waals surface area contributed by atoms with Gasteiger partial charge in [-0.25, -0.2) is 0 Å². The van der Waals surface area contributed by atoms with E-state index >= 15 is 0 Å². The third kappa shape index (κ3) is 22.1. The van der Waals surface area contributed by atoms with Crippen molar-refractivity contribution in [3.8, 4) is 0 Å². The van der Waals surface area contributed by atoms with E-state index in [1.165, 1.54) is 6.92 Å². The lowest BCUT2D eigenvalue weighted by Gasteiger charge is -2.27. The fourth-order valence-corrected chi connectivity index (χ4v) is 5.50. The molecule has 0 bridgehead atoms. The zero-order chi connectivity index (χ0) is 45.1. The van der Waals surface area contributed by atoms with Crippen molar-refractivity contribution in [2.45, 2.75) is 122 Å². The molecule has 0 saturated heterocycles. The second kappa shape index (κ2) is 30.1. The first kappa shape index (κ1) is 54.0. The van der Waals surface area contributed by atoms with E-state index in [-0.39, 0.29) is 83.1 Å². The first-order valence-corrected chi connectivity index (χ1v) is 20.0. The van der Waals surface area contributed by atoms with Crippen LogP contribution in [0.3, 0.4) is 0 Å². The van der Waals surface area contributed by atoms with Gasteiger partial charge in [-0.3, -0.25) is 43.2 Å². The normalized spacial score (nSPS) is 14.5. The molecule has 0 aromatic carbocycles. The first-order chi connectivity index (χ1) is 27.9. The molecule has 0 aromatic rings. The number of nitrogens with two attached hydrogens (primary N) is 4. The number of aliphatic hydroxyl groups excluding tert-OH is 1. The van der Waals surface area contributed by atoms with E-state index in [2.05, 4.69) is 47.9 Å². The van der Waals surface area contributed by atoms with Crippen molar-refractivity contribution in [2.24, 2.45) is 28.9 Å². The SMILES string of the molecule is CCCC(=O)N[C@@H](CCN)C(=O)NCC(=O)N[C@@H](CCN)C(=O)NCC(=O)N[C@@H](CC(C)C)C(=O)N[C@@H](CCN)C(=O)N[C@@H](CCN)C(=O)N[C@H](C(=O)NCC)[C@@H](C)O. The van der Waals surface area contributed by atoms with E-state index in [1.807, 2.05) is 0 Å². The van der Waals surface area contributed by atoms with Crippen molar-refractivity contribution >= 4 is 53.2 Å². The predicted molar refractivity (Wildman–Crippen MR) is 217 cm³/mol. The van der Waals surface area contributed by atoms with E-state index < -0.39 is 103 Å². The van der Waals surface area contributed by atoms with Crippen LogP contribution in [0, 0.1) is 5.92 Å². The highest BCUT2D eigenvalue weighted by Gasteiger charge is 2.33.